The van der Waals surface area contributed by atoms with Crippen LogP contribution in [0.3, 0.4) is 0 Å². The fourth-order valence-electron chi connectivity index (χ4n) is 8.22. The van der Waals surface area contributed by atoms with Gasteiger partial charge in [-0.25, -0.2) is 9.37 Å². The third-order valence-electron chi connectivity index (χ3n) is 11.8. The van der Waals surface area contributed by atoms with E-state index < -0.39 is 66.0 Å². The number of rotatable bonds is 19. The maximum absolute atomic E-state index is 15.7. The van der Waals surface area contributed by atoms with E-state index in [2.05, 4.69) is 15.6 Å². The number of halogens is 1. The zero-order valence-electron chi connectivity index (χ0n) is 34.6. The molecule has 16 heteroatoms. The van der Waals surface area contributed by atoms with Crippen LogP contribution < -0.4 is 10.6 Å². The summed E-state index contributed by atoms with van der Waals surface area (Å²) in [5, 5.41) is 8.51. The van der Waals surface area contributed by atoms with Crippen LogP contribution in [0.15, 0.2) is 41.9 Å². The molecule has 2 aromatic rings. The first-order valence-electron chi connectivity index (χ1n) is 20.0. The van der Waals surface area contributed by atoms with Crippen molar-refractivity contribution in [3.8, 4) is 0 Å². The van der Waals surface area contributed by atoms with E-state index in [1.54, 1.807) is 39.1 Å². The lowest BCUT2D eigenvalue weighted by atomic mass is 9.89. The summed E-state index contributed by atoms with van der Waals surface area (Å²) >= 11 is 1.48. The summed E-state index contributed by atoms with van der Waals surface area (Å²) < 4.78 is 27.7. The first kappa shape index (κ1) is 45.8. The Labute approximate surface area is 342 Å². The van der Waals surface area contributed by atoms with Gasteiger partial charge in [-0.15, -0.1) is 11.3 Å². The minimum absolute atomic E-state index is 0.00325. The number of benzene rings is 1. The van der Waals surface area contributed by atoms with Crippen LogP contribution in [0.2, 0.25) is 0 Å². The van der Waals surface area contributed by atoms with E-state index in [4.69, 9.17) is 17.3 Å². The van der Waals surface area contributed by atoms with Gasteiger partial charge in [0.25, 0.3) is 5.91 Å². The lowest BCUT2D eigenvalue weighted by Gasteiger charge is -2.41. The third kappa shape index (κ3) is 11.2. The van der Waals surface area contributed by atoms with Crippen LogP contribution in [0.1, 0.15) is 83.3 Å². The second-order valence-electron chi connectivity index (χ2n) is 15.9. The van der Waals surface area contributed by atoms with Crippen molar-refractivity contribution in [2.75, 3.05) is 40.9 Å². The number of methoxy groups -OCH3 is 2. The predicted molar refractivity (Wildman–Crippen MR) is 217 cm³/mol. The molecule has 1 aromatic heterocycles. The smallest absolute Gasteiger partial charge is 0.260 e. The Hall–Kier alpha value is -3.89. The molecule has 0 saturated carbocycles. The van der Waals surface area contributed by atoms with Crippen molar-refractivity contribution in [2.45, 2.75) is 115 Å². The van der Waals surface area contributed by atoms with E-state index in [0.717, 1.165) is 21.9 Å². The second-order valence-corrected chi connectivity index (χ2v) is 16.8. The van der Waals surface area contributed by atoms with Gasteiger partial charge in [0.05, 0.1) is 49.2 Å². The highest BCUT2D eigenvalue weighted by molar-refractivity contribution is 7.09. The molecule has 2 aliphatic rings. The number of aromatic nitrogens is 1. The third-order valence-corrected chi connectivity index (χ3v) is 12.7. The number of carbonyl (C=O) groups excluding carboxylic acids is 5. The van der Waals surface area contributed by atoms with Crippen LogP contribution in [0.4, 0.5) is 9.18 Å². The van der Waals surface area contributed by atoms with Crippen LogP contribution in [-0.4, -0.2) is 134 Å². The van der Waals surface area contributed by atoms with Crippen LogP contribution >= 0.6 is 11.3 Å². The first-order valence-corrected chi connectivity index (χ1v) is 20.8. The molecule has 0 spiro atoms. The molecule has 0 bridgehead atoms. The van der Waals surface area contributed by atoms with Gasteiger partial charge in [-0.2, -0.15) is 0 Å². The number of thiazole rings is 1. The van der Waals surface area contributed by atoms with Crippen LogP contribution in [0.5, 0.6) is 0 Å². The molecular weight excluding hydrogens is 750 g/mol. The Balaban J connectivity index is 1.47. The Kier molecular flexibility index (Phi) is 16.6. The highest BCUT2D eigenvalue weighted by Crippen LogP contribution is 2.31. The normalized spacial score (nSPS) is 22.0. The van der Waals surface area contributed by atoms with Gasteiger partial charge >= 0.3 is 0 Å². The number of carbonyl (C=O) groups is 5. The van der Waals surface area contributed by atoms with Crippen molar-refractivity contribution in [3.05, 3.63) is 52.5 Å². The molecule has 4 rings (SSSR count). The average molecular weight is 811 g/mol. The van der Waals surface area contributed by atoms with Crippen molar-refractivity contribution >= 4 is 48.6 Å². The number of nitrogens with zero attached hydrogens (tertiary/aromatic N) is 4. The summed E-state index contributed by atoms with van der Waals surface area (Å²) in [6.07, 6.45) is 2.73. The minimum atomic E-state index is -2.38. The van der Waals surface area contributed by atoms with Gasteiger partial charge in [0, 0.05) is 52.4 Å². The van der Waals surface area contributed by atoms with Gasteiger partial charge in [-0.1, -0.05) is 71.4 Å². The zero-order valence-corrected chi connectivity index (χ0v) is 35.4. The molecule has 5 amide bonds. The molecule has 57 heavy (non-hydrogen) atoms. The number of nitrogens with one attached hydrogen (secondary N) is 2. The average Bonchev–Trinajstić information content (AvgIpc) is 3.99. The standard InChI is InChI=1S/C41H60BFN6O7S/c1-9-26(4)34(47(6)38(52)33(25(2)3)46-39(53)41(43)17-20-48(24-41)40(42)54)31(55-7)23-32(50)49-19-13-16-30(49)35(56-8)27(5)36(51)45-29(37-44-18-21-57-37)22-28-14-11-10-12-15-28/h10-12,14-15,18,21,25-27,29-31,33-35H,9,13,16-17,19-20,22-24H2,1-8H3,(H,45,51)(H,46,53)/t26-,27?,29-,30-,31+,33-,34-,35?,41?/m0/s1. The molecule has 3 heterocycles. The van der Waals surface area contributed by atoms with Crippen LogP contribution in [0, 0.1) is 17.8 Å². The Morgan fingerprint density at radius 3 is 2.33 bits per heavy atom. The SMILES string of the molecule is [B]C(=O)N1CCC(F)(C(=O)N[C@H](C(=O)N(C)[C@@H]([C@@H](C)CC)[C@@H](CC(=O)N2CCC[C@H]2C(OC)C(C)C(=O)N[C@@H](Cc2ccccc2)c2nccs2)OC)C(C)C)C1. The number of amides is 5. The first-order chi connectivity index (χ1) is 27.1. The predicted octanol–water partition coefficient (Wildman–Crippen LogP) is 4.31. The molecule has 3 unspecified atom stereocenters. The molecule has 13 nitrogen and oxygen atoms in total. The Morgan fingerprint density at radius 2 is 1.77 bits per heavy atom. The summed E-state index contributed by atoms with van der Waals surface area (Å²) in [7, 11) is 10.00. The summed E-state index contributed by atoms with van der Waals surface area (Å²) in [5.41, 5.74) is -1.31. The highest BCUT2D eigenvalue weighted by atomic mass is 32.1. The number of likely N-dealkylation sites (tertiary alicyclic amines) is 2. The van der Waals surface area contributed by atoms with E-state index in [9.17, 15) is 24.0 Å². The van der Waals surface area contributed by atoms with E-state index in [1.165, 1.54) is 23.3 Å². The number of hydrogen-bond acceptors (Lipinski definition) is 9. The van der Waals surface area contributed by atoms with Gasteiger partial charge in [-0.3, -0.25) is 24.0 Å². The molecule has 2 saturated heterocycles. The molecule has 312 valence electrons. The molecule has 1 aromatic carbocycles. The fraction of sp³-hybridized carbons (Fsp3) is 0.659. The molecular formula is C41H60BFN6O7S. The van der Waals surface area contributed by atoms with Gasteiger partial charge in [0.2, 0.25) is 31.2 Å². The number of hydrogen-bond donors (Lipinski definition) is 2. The lowest BCUT2D eigenvalue weighted by molar-refractivity contribution is -0.148. The lowest BCUT2D eigenvalue weighted by Crippen LogP contribution is -2.60. The van der Waals surface area contributed by atoms with Crippen molar-refractivity contribution in [2.24, 2.45) is 17.8 Å². The fourth-order valence-corrected chi connectivity index (χ4v) is 8.90. The summed E-state index contributed by atoms with van der Waals surface area (Å²) in [6.45, 7) is 9.27. The number of alkyl halides is 1. The van der Waals surface area contributed by atoms with Crippen molar-refractivity contribution in [1.82, 2.24) is 30.3 Å². The van der Waals surface area contributed by atoms with E-state index >= 15 is 4.39 Å². The summed E-state index contributed by atoms with van der Waals surface area (Å²) in [5.74, 6) is -3.77. The molecule has 2 aliphatic heterocycles. The number of ether oxygens (including phenoxy) is 2. The maximum atomic E-state index is 15.7. The largest absolute Gasteiger partial charge is 0.379 e. The van der Waals surface area contributed by atoms with Crippen molar-refractivity contribution in [3.63, 3.8) is 0 Å². The Bertz CT molecular complexity index is 1660. The number of likely N-dealkylation sites (N-methyl/N-ethyl adjacent to an activating group) is 1. The van der Waals surface area contributed by atoms with Gasteiger partial charge < -0.3 is 34.8 Å². The molecule has 0 aliphatic carbocycles. The van der Waals surface area contributed by atoms with Crippen LogP contribution in [0.25, 0.3) is 0 Å². The highest BCUT2D eigenvalue weighted by Gasteiger charge is 2.48. The van der Waals surface area contributed by atoms with Gasteiger partial charge in [-0.05, 0) is 36.7 Å². The van der Waals surface area contributed by atoms with E-state index in [1.807, 2.05) is 56.5 Å². The van der Waals surface area contributed by atoms with E-state index in [-0.39, 0.29) is 49.2 Å². The summed E-state index contributed by atoms with van der Waals surface area (Å²) in [6, 6.07) is 7.53. The van der Waals surface area contributed by atoms with Crippen LogP contribution in [-0.2, 0) is 35.1 Å². The van der Waals surface area contributed by atoms with Crippen molar-refractivity contribution in [1.29, 1.82) is 0 Å². The molecule has 2 fully saturated rings. The monoisotopic (exact) mass is 810 g/mol. The van der Waals surface area contributed by atoms with Crippen molar-refractivity contribution < 1.29 is 37.8 Å². The Morgan fingerprint density at radius 1 is 1.07 bits per heavy atom. The van der Waals surface area contributed by atoms with Gasteiger partial charge in [0.15, 0.2) is 5.81 Å². The zero-order chi connectivity index (χ0) is 42.0. The van der Waals surface area contributed by atoms with Gasteiger partial charge in [0.1, 0.15) is 11.0 Å². The minimum Gasteiger partial charge on any atom is -0.379 e. The maximum Gasteiger partial charge on any atom is 0.260 e. The molecule has 2 N–H and O–H groups in total. The topological polar surface area (TPSA) is 150 Å². The quantitative estimate of drug-likeness (QED) is 0.200. The summed E-state index contributed by atoms with van der Waals surface area (Å²) in [4.78, 5) is 76.1. The second kappa shape index (κ2) is 20.7. The van der Waals surface area contributed by atoms with E-state index in [0.29, 0.717) is 25.8 Å². The molecule has 9 atom stereocenters. The molecule has 2 radical (unpaired) electrons.